The zero-order valence-corrected chi connectivity index (χ0v) is 17.2. The van der Waals surface area contributed by atoms with E-state index in [1.807, 2.05) is 6.92 Å². The Kier molecular flexibility index (Phi) is 5.86. The van der Waals surface area contributed by atoms with Gasteiger partial charge in [-0.2, -0.15) is 0 Å². The molecule has 29 heavy (non-hydrogen) atoms. The molecule has 0 N–H and O–H groups in total. The van der Waals surface area contributed by atoms with Crippen molar-refractivity contribution in [2.75, 3.05) is 14.1 Å². The molecule has 2 aromatic carbocycles. The molecule has 0 bridgehead atoms. The Morgan fingerprint density at radius 1 is 1.10 bits per heavy atom. The number of hydrogen-bond donors (Lipinski definition) is 0. The highest BCUT2D eigenvalue weighted by Gasteiger charge is 2.19. The van der Waals surface area contributed by atoms with Crippen molar-refractivity contribution in [3.05, 3.63) is 70.1 Å². The van der Waals surface area contributed by atoms with Crippen molar-refractivity contribution in [2.24, 2.45) is 0 Å². The van der Waals surface area contributed by atoms with Crippen LogP contribution >= 0.6 is 0 Å². The third-order valence-corrected chi connectivity index (χ3v) is 6.19. The molecule has 0 radical (unpaired) electrons. The predicted octanol–water partition coefficient (Wildman–Crippen LogP) is 3.22. The molecule has 0 atom stereocenters. The minimum atomic E-state index is -3.67. The number of ether oxygens (including phenoxy) is 1. The number of benzene rings is 2. The summed E-state index contributed by atoms with van der Waals surface area (Å²) in [5.74, 6) is -0.521. The van der Waals surface area contributed by atoms with E-state index in [0.29, 0.717) is 5.58 Å². The van der Waals surface area contributed by atoms with Crippen LogP contribution in [0.5, 0.6) is 5.75 Å². The first-order valence-electron chi connectivity index (χ1n) is 9.04. The first kappa shape index (κ1) is 20.8. The Morgan fingerprint density at radius 2 is 1.86 bits per heavy atom. The quantitative estimate of drug-likeness (QED) is 0.349. The summed E-state index contributed by atoms with van der Waals surface area (Å²) in [4.78, 5) is 24.3. The van der Waals surface area contributed by atoms with Gasteiger partial charge in [-0.05, 0) is 42.3 Å². The Hall–Kier alpha value is -2.97. The van der Waals surface area contributed by atoms with E-state index in [0.717, 1.165) is 28.1 Å². The van der Waals surface area contributed by atoms with Crippen LogP contribution in [0.4, 0.5) is 0 Å². The van der Waals surface area contributed by atoms with Gasteiger partial charge < -0.3 is 9.15 Å². The fourth-order valence-electron chi connectivity index (χ4n) is 2.91. The standard InChI is InChI=1S/C21H21NO6S/c1-4-6-14-12-20(23)28-19-13-16(9-10-18(14)19)27-21(24)15-7-5-8-17(11-15)29(25,26)22(2)3/h5,7-13H,4,6H2,1-3H3. The fourth-order valence-corrected chi connectivity index (χ4v) is 3.86. The highest BCUT2D eigenvalue weighted by atomic mass is 32.2. The molecular formula is C21H21NO6S. The molecule has 0 saturated carbocycles. The molecule has 0 aliphatic carbocycles. The summed E-state index contributed by atoms with van der Waals surface area (Å²) in [6, 6.07) is 11.9. The van der Waals surface area contributed by atoms with Gasteiger partial charge in [-0.1, -0.05) is 19.4 Å². The van der Waals surface area contributed by atoms with Crippen molar-refractivity contribution in [3.63, 3.8) is 0 Å². The summed E-state index contributed by atoms with van der Waals surface area (Å²) in [5, 5.41) is 0.783. The molecule has 1 heterocycles. The van der Waals surface area contributed by atoms with E-state index in [1.54, 1.807) is 12.1 Å². The second kappa shape index (κ2) is 8.18. The molecule has 3 aromatic rings. The summed E-state index contributed by atoms with van der Waals surface area (Å²) in [6.45, 7) is 2.02. The number of esters is 1. The van der Waals surface area contributed by atoms with Gasteiger partial charge in [0.1, 0.15) is 11.3 Å². The maximum atomic E-state index is 12.5. The molecule has 0 spiro atoms. The minimum absolute atomic E-state index is 0.00864. The summed E-state index contributed by atoms with van der Waals surface area (Å²) in [7, 11) is -0.848. The monoisotopic (exact) mass is 415 g/mol. The Labute approximate surface area is 168 Å². The SMILES string of the molecule is CCCc1cc(=O)oc2cc(OC(=O)c3cccc(S(=O)(=O)N(C)C)c3)ccc12. The van der Waals surface area contributed by atoms with Crippen LogP contribution in [0.1, 0.15) is 29.3 Å². The lowest BCUT2D eigenvalue weighted by Crippen LogP contribution is -2.22. The zero-order chi connectivity index (χ0) is 21.2. The van der Waals surface area contributed by atoms with E-state index >= 15 is 0 Å². The predicted molar refractivity (Wildman–Crippen MR) is 109 cm³/mol. The maximum absolute atomic E-state index is 12.5. The topological polar surface area (TPSA) is 93.9 Å². The summed E-state index contributed by atoms with van der Waals surface area (Å²) in [6.07, 6.45) is 1.61. The number of carbonyl (C=O) groups is 1. The largest absolute Gasteiger partial charge is 0.423 e. The van der Waals surface area contributed by atoms with Crippen LogP contribution in [0.25, 0.3) is 11.0 Å². The Morgan fingerprint density at radius 3 is 2.55 bits per heavy atom. The highest BCUT2D eigenvalue weighted by molar-refractivity contribution is 7.89. The molecule has 0 aliphatic heterocycles. The van der Waals surface area contributed by atoms with Gasteiger partial charge in [-0.25, -0.2) is 22.3 Å². The van der Waals surface area contributed by atoms with Crippen LogP contribution in [0.3, 0.4) is 0 Å². The maximum Gasteiger partial charge on any atom is 0.343 e. The molecule has 0 unspecified atom stereocenters. The van der Waals surface area contributed by atoms with E-state index < -0.39 is 21.6 Å². The van der Waals surface area contributed by atoms with E-state index in [4.69, 9.17) is 9.15 Å². The third kappa shape index (κ3) is 4.38. The number of nitrogens with zero attached hydrogens (tertiary/aromatic N) is 1. The van der Waals surface area contributed by atoms with Crippen molar-refractivity contribution >= 4 is 27.0 Å². The van der Waals surface area contributed by atoms with Crippen LogP contribution in [-0.2, 0) is 16.4 Å². The molecular weight excluding hydrogens is 394 g/mol. The molecule has 0 saturated heterocycles. The van der Waals surface area contributed by atoms with E-state index in [-0.39, 0.29) is 16.2 Å². The molecule has 7 nitrogen and oxygen atoms in total. The van der Waals surface area contributed by atoms with Gasteiger partial charge in [0.25, 0.3) is 0 Å². The number of sulfonamides is 1. The number of hydrogen-bond acceptors (Lipinski definition) is 6. The summed E-state index contributed by atoms with van der Waals surface area (Å²) >= 11 is 0. The molecule has 1 aromatic heterocycles. The first-order valence-corrected chi connectivity index (χ1v) is 10.5. The third-order valence-electron chi connectivity index (χ3n) is 4.38. The van der Waals surface area contributed by atoms with Crippen LogP contribution in [0.2, 0.25) is 0 Å². The van der Waals surface area contributed by atoms with Crippen molar-refractivity contribution in [1.82, 2.24) is 4.31 Å². The second-order valence-corrected chi connectivity index (χ2v) is 8.86. The van der Waals surface area contributed by atoms with Crippen LogP contribution in [0, 0.1) is 0 Å². The average Bonchev–Trinajstić information content (AvgIpc) is 2.67. The van der Waals surface area contributed by atoms with Crippen LogP contribution < -0.4 is 10.4 Å². The average molecular weight is 415 g/mol. The molecule has 0 amide bonds. The lowest BCUT2D eigenvalue weighted by atomic mass is 10.1. The fraction of sp³-hybridized carbons (Fsp3) is 0.238. The Balaban J connectivity index is 1.92. The van der Waals surface area contributed by atoms with Crippen molar-refractivity contribution in [2.45, 2.75) is 24.7 Å². The van der Waals surface area contributed by atoms with E-state index in [1.165, 1.54) is 50.5 Å². The van der Waals surface area contributed by atoms with Gasteiger partial charge in [0.15, 0.2) is 0 Å². The Bertz CT molecular complexity index is 1230. The number of rotatable bonds is 6. The first-order chi connectivity index (χ1) is 13.7. The van der Waals surface area contributed by atoms with Crippen molar-refractivity contribution < 1.29 is 22.4 Å². The zero-order valence-electron chi connectivity index (χ0n) is 16.3. The molecule has 8 heteroatoms. The molecule has 0 aliphatic rings. The van der Waals surface area contributed by atoms with E-state index in [9.17, 15) is 18.0 Å². The smallest absolute Gasteiger partial charge is 0.343 e. The normalized spacial score (nSPS) is 11.7. The molecule has 0 fully saturated rings. The number of aryl methyl sites for hydroxylation is 1. The van der Waals surface area contributed by atoms with Crippen LogP contribution in [-0.4, -0.2) is 32.8 Å². The second-order valence-electron chi connectivity index (χ2n) is 6.70. The van der Waals surface area contributed by atoms with E-state index in [2.05, 4.69) is 0 Å². The summed E-state index contributed by atoms with van der Waals surface area (Å²) < 4.78 is 36.2. The lowest BCUT2D eigenvalue weighted by molar-refractivity contribution is 0.0734. The molecule has 3 rings (SSSR count). The van der Waals surface area contributed by atoms with Gasteiger partial charge in [-0.3, -0.25) is 0 Å². The van der Waals surface area contributed by atoms with Crippen molar-refractivity contribution in [3.8, 4) is 5.75 Å². The van der Waals surface area contributed by atoms with Crippen LogP contribution in [0.15, 0.2) is 62.6 Å². The number of fused-ring (bicyclic) bond motifs is 1. The number of carbonyl (C=O) groups excluding carboxylic acids is 1. The van der Waals surface area contributed by atoms with Crippen molar-refractivity contribution in [1.29, 1.82) is 0 Å². The summed E-state index contributed by atoms with van der Waals surface area (Å²) in [5.41, 5.74) is 0.827. The van der Waals surface area contributed by atoms with Gasteiger partial charge in [0.05, 0.1) is 10.5 Å². The van der Waals surface area contributed by atoms with Gasteiger partial charge in [0, 0.05) is 31.6 Å². The van der Waals surface area contributed by atoms with Gasteiger partial charge in [-0.15, -0.1) is 0 Å². The lowest BCUT2D eigenvalue weighted by Gasteiger charge is -2.12. The van der Waals surface area contributed by atoms with Gasteiger partial charge in [0.2, 0.25) is 10.0 Å². The molecule has 152 valence electrons. The highest BCUT2D eigenvalue weighted by Crippen LogP contribution is 2.24. The minimum Gasteiger partial charge on any atom is -0.423 e. The van der Waals surface area contributed by atoms with Gasteiger partial charge >= 0.3 is 11.6 Å².